The van der Waals surface area contributed by atoms with Crippen molar-refractivity contribution in [3.05, 3.63) is 53.8 Å². The number of halogens is 1. The number of ether oxygens (including phenoxy) is 1. The van der Waals surface area contributed by atoms with E-state index >= 15 is 0 Å². The molecule has 0 spiro atoms. The molecule has 2 atom stereocenters. The number of nitrogens with one attached hydrogen (secondary N) is 1. The summed E-state index contributed by atoms with van der Waals surface area (Å²) in [5, 5.41) is 1.60. The van der Waals surface area contributed by atoms with Crippen LogP contribution in [0, 0.1) is 5.82 Å². The number of hydrogen-bond acceptors (Lipinski definition) is 4. The van der Waals surface area contributed by atoms with E-state index in [1.165, 1.54) is 23.4 Å². The SMILES string of the molecule is BC1(B)C(=O)Nc2cccc3c2N1[C@H]1CCN(C(B)(B)C(B)(B)C(B)(B)Oc2ccc(F)cc2)C[C@@H]31. The van der Waals surface area contributed by atoms with Crippen molar-refractivity contribution >= 4 is 80.1 Å². The molecule has 178 valence electrons. The third-order valence-corrected chi connectivity index (χ3v) is 10.0. The van der Waals surface area contributed by atoms with Gasteiger partial charge in [0.05, 0.1) is 16.7 Å². The minimum atomic E-state index is -0.579. The lowest BCUT2D eigenvalue weighted by Gasteiger charge is -2.60. The van der Waals surface area contributed by atoms with Crippen LogP contribution in [0.4, 0.5) is 15.8 Å². The summed E-state index contributed by atoms with van der Waals surface area (Å²) in [4.78, 5) is 18.0. The number of likely N-dealkylation sites (tertiary alicyclic amines) is 1. The molecule has 5 rings (SSSR count). The molecule has 3 aliphatic rings. The minimum absolute atomic E-state index is 0.0661. The molecule has 5 nitrogen and oxygen atoms in total. The van der Waals surface area contributed by atoms with Crippen molar-refractivity contribution in [2.45, 2.75) is 39.7 Å². The van der Waals surface area contributed by atoms with Crippen molar-refractivity contribution in [1.82, 2.24) is 4.90 Å². The van der Waals surface area contributed by atoms with Crippen molar-refractivity contribution in [1.29, 1.82) is 0 Å². The zero-order valence-corrected chi connectivity index (χ0v) is 22.9. The summed E-state index contributed by atoms with van der Waals surface area (Å²) in [6, 6.07) is 12.9. The Labute approximate surface area is 221 Å². The molecule has 1 N–H and O–H groups in total. The number of amides is 1. The van der Waals surface area contributed by atoms with Crippen molar-refractivity contribution in [2.75, 3.05) is 23.3 Å². The van der Waals surface area contributed by atoms with E-state index < -0.39 is 10.7 Å². The largest absolute Gasteiger partial charge is 0.506 e. The van der Waals surface area contributed by atoms with Gasteiger partial charge in [0.25, 0.3) is 0 Å². The van der Waals surface area contributed by atoms with Crippen LogP contribution in [-0.2, 0) is 4.79 Å². The average Bonchev–Trinajstić information content (AvgIpc) is 3.15. The molecule has 2 aromatic rings. The summed E-state index contributed by atoms with van der Waals surface area (Å²) < 4.78 is 20.0. The maximum absolute atomic E-state index is 13.5. The molecule has 0 aliphatic carbocycles. The fourth-order valence-electron chi connectivity index (χ4n) is 6.59. The summed E-state index contributed by atoms with van der Waals surface area (Å²) >= 11 is 0. The first-order valence-corrected chi connectivity index (χ1v) is 13.1. The first-order chi connectivity index (χ1) is 16.7. The fourth-order valence-corrected chi connectivity index (χ4v) is 6.59. The van der Waals surface area contributed by atoms with Crippen LogP contribution in [0.25, 0.3) is 0 Å². The molecule has 1 saturated heterocycles. The molecule has 0 unspecified atom stereocenters. The summed E-state index contributed by atoms with van der Waals surface area (Å²) in [5.74, 6) is 0.809. The second-order valence-electron chi connectivity index (χ2n) is 12.8. The molecule has 3 aliphatic heterocycles. The van der Waals surface area contributed by atoms with Crippen LogP contribution in [0.15, 0.2) is 42.5 Å². The monoisotopic (exact) mass is 477 g/mol. The number of carbonyl (C=O) groups excluding carboxylic acids is 1. The first-order valence-electron chi connectivity index (χ1n) is 13.1. The lowest BCUT2D eigenvalue weighted by atomic mass is 9.23. The molecule has 0 bridgehead atoms. The highest BCUT2D eigenvalue weighted by atomic mass is 19.1. The third kappa shape index (κ3) is 3.61. The van der Waals surface area contributed by atoms with E-state index in [9.17, 15) is 9.18 Å². The number of anilines is 2. The van der Waals surface area contributed by atoms with E-state index in [0.29, 0.717) is 17.7 Å². The van der Waals surface area contributed by atoms with Gasteiger partial charge in [0.15, 0.2) is 0 Å². The van der Waals surface area contributed by atoms with Crippen LogP contribution in [0.1, 0.15) is 17.9 Å². The molecule has 0 aromatic heterocycles. The van der Waals surface area contributed by atoms with Crippen LogP contribution in [0.5, 0.6) is 5.75 Å². The zero-order valence-electron chi connectivity index (χ0n) is 22.9. The predicted molar refractivity (Wildman–Crippen MR) is 167 cm³/mol. The summed E-state index contributed by atoms with van der Waals surface area (Å²) in [7, 11) is 17.5. The quantitative estimate of drug-likeness (QED) is 0.440. The normalized spacial score (nSPS) is 23.5. The average molecular weight is 476 g/mol. The number of hydrogen-bond donors (Lipinski definition) is 1. The van der Waals surface area contributed by atoms with Crippen LogP contribution >= 0.6 is 0 Å². The van der Waals surface area contributed by atoms with Crippen LogP contribution < -0.4 is 15.0 Å². The Morgan fingerprint density at radius 3 is 2.36 bits per heavy atom. The van der Waals surface area contributed by atoms with Crippen LogP contribution in [-0.4, -0.2) is 109 Å². The smallest absolute Gasteiger partial charge is 0.233 e. The van der Waals surface area contributed by atoms with Crippen LogP contribution in [0.3, 0.4) is 0 Å². The van der Waals surface area contributed by atoms with E-state index in [-0.39, 0.29) is 22.3 Å². The first kappa shape index (κ1) is 25.6. The second-order valence-corrected chi connectivity index (χ2v) is 12.8. The van der Waals surface area contributed by atoms with E-state index in [4.69, 9.17) is 4.74 Å². The van der Waals surface area contributed by atoms with Crippen molar-refractivity contribution in [2.24, 2.45) is 0 Å². The molecule has 0 saturated carbocycles. The van der Waals surface area contributed by atoms with E-state index in [2.05, 4.69) is 74.3 Å². The molecular weight excluding hydrogens is 444 g/mol. The number of benzene rings is 2. The van der Waals surface area contributed by atoms with Gasteiger partial charge >= 0.3 is 0 Å². The highest BCUT2D eigenvalue weighted by molar-refractivity contribution is 6.61. The van der Waals surface area contributed by atoms with Crippen LogP contribution in [0.2, 0.25) is 5.21 Å². The standard InChI is InChI=1S/C22H32B8FN3O2/c23-19(24)18(35)32-15-3-1-2-13-14-10-33(9-8-16(14)34(19)17(13)15)21(27,28)20(25,26)22(29,30)36-12-6-4-11(31)5-7-12/h1-7,14,16H,8-10,23-30H2,(H,32,35)/t14-,16-/m0/s1. The van der Waals surface area contributed by atoms with Crippen molar-refractivity contribution in [3.63, 3.8) is 0 Å². The van der Waals surface area contributed by atoms with Crippen molar-refractivity contribution in [3.8, 4) is 5.75 Å². The molecule has 2 aromatic carbocycles. The lowest BCUT2D eigenvalue weighted by Crippen LogP contribution is -2.71. The summed E-state index contributed by atoms with van der Waals surface area (Å²) in [6.07, 6.45) is 0.994. The Morgan fingerprint density at radius 2 is 1.69 bits per heavy atom. The van der Waals surface area contributed by atoms with Gasteiger partial charge in [-0.1, -0.05) is 17.3 Å². The fraction of sp³-hybridized carbons (Fsp3) is 0.409. The number of para-hydroxylation sites is 1. The maximum Gasteiger partial charge on any atom is 0.233 e. The van der Waals surface area contributed by atoms with E-state index in [1.54, 1.807) is 12.1 Å². The number of fused-ring (bicyclic) bond motifs is 3. The third-order valence-electron chi connectivity index (χ3n) is 10.0. The van der Waals surface area contributed by atoms with Gasteiger partial charge in [0.1, 0.15) is 74.3 Å². The Kier molecular flexibility index (Phi) is 5.83. The van der Waals surface area contributed by atoms with Gasteiger partial charge in [-0.15, -0.1) is 0 Å². The second kappa shape index (κ2) is 8.21. The maximum atomic E-state index is 13.5. The molecule has 36 heavy (non-hydrogen) atoms. The van der Waals surface area contributed by atoms with Gasteiger partial charge < -0.3 is 19.9 Å². The molecule has 0 radical (unpaired) electrons. The number of carbonyl (C=O) groups is 1. The summed E-state index contributed by atoms with van der Waals surface area (Å²) in [5.41, 5.74) is 3.48. The number of nitrogens with zero attached hydrogens (tertiary/aromatic N) is 2. The van der Waals surface area contributed by atoms with Gasteiger partial charge in [0.2, 0.25) is 5.91 Å². The summed E-state index contributed by atoms with van der Waals surface area (Å²) in [6.45, 7) is 1.87. The lowest BCUT2D eigenvalue weighted by molar-refractivity contribution is -0.117. The van der Waals surface area contributed by atoms with Gasteiger partial charge in [-0.05, 0) is 54.2 Å². The minimum Gasteiger partial charge on any atom is -0.506 e. The Balaban J connectivity index is 1.44. The van der Waals surface area contributed by atoms with Crippen molar-refractivity contribution < 1.29 is 13.9 Å². The topological polar surface area (TPSA) is 44.8 Å². The van der Waals surface area contributed by atoms with Gasteiger partial charge in [-0.25, -0.2) is 4.39 Å². The Morgan fingerprint density at radius 1 is 1.03 bits per heavy atom. The molecule has 1 amide bonds. The zero-order chi connectivity index (χ0) is 26.3. The molecular formula is C22H32B8FN3O2. The Hall–Kier alpha value is -2.08. The number of rotatable bonds is 5. The van der Waals surface area contributed by atoms with Gasteiger partial charge in [0, 0.05) is 23.9 Å². The highest BCUT2D eigenvalue weighted by Gasteiger charge is 2.56. The van der Waals surface area contributed by atoms with E-state index in [1.807, 2.05) is 21.8 Å². The van der Waals surface area contributed by atoms with E-state index in [0.717, 1.165) is 25.2 Å². The molecule has 14 heteroatoms. The highest BCUT2D eigenvalue weighted by Crippen LogP contribution is 2.54. The van der Waals surface area contributed by atoms with Gasteiger partial charge in [-0.2, -0.15) is 0 Å². The molecule has 1 fully saturated rings. The number of piperidine rings is 1. The van der Waals surface area contributed by atoms with Gasteiger partial charge in [-0.3, -0.25) is 4.79 Å². The molecule has 3 heterocycles. The Bertz CT molecular complexity index is 1210. The predicted octanol–water partition coefficient (Wildman–Crippen LogP) is -5.02.